The van der Waals surface area contributed by atoms with Crippen LogP contribution < -0.4 is 0 Å². The molecule has 0 saturated carbocycles. The summed E-state index contributed by atoms with van der Waals surface area (Å²) < 4.78 is 94.3. The summed E-state index contributed by atoms with van der Waals surface area (Å²) in [5.74, 6) is 0. The van der Waals surface area contributed by atoms with Crippen LogP contribution in [0, 0.1) is 5.41 Å². The molecule has 0 aliphatic carbocycles. The van der Waals surface area contributed by atoms with E-state index in [1.54, 1.807) is 0 Å². The van der Waals surface area contributed by atoms with Crippen LogP contribution in [0.4, 0.5) is 30.7 Å². The van der Waals surface area contributed by atoms with Crippen LogP contribution in [0.15, 0.2) is 0 Å². The monoisotopic (exact) mass is 394 g/mol. The van der Waals surface area contributed by atoms with Gasteiger partial charge in [0.05, 0.1) is 0 Å². The van der Waals surface area contributed by atoms with Gasteiger partial charge in [0.25, 0.3) is 0 Å². The van der Waals surface area contributed by atoms with Crippen LogP contribution in [0.25, 0.3) is 0 Å². The van der Waals surface area contributed by atoms with Crippen molar-refractivity contribution in [3.05, 3.63) is 0 Å². The molecule has 0 amide bonds. The summed E-state index contributed by atoms with van der Waals surface area (Å²) in [5.41, 5.74) is -7.68. The Labute approximate surface area is 152 Å². The minimum Gasteiger partial charge on any atom is -0.223 e. The van der Waals surface area contributed by atoms with Crippen molar-refractivity contribution in [1.82, 2.24) is 0 Å². The molecule has 0 atom stereocenters. The minimum absolute atomic E-state index is 0.170. The zero-order valence-electron chi connectivity index (χ0n) is 16.1. The highest BCUT2D eigenvalue weighted by Crippen LogP contribution is 2.59. The molecule has 0 aromatic rings. The molecule has 7 heteroatoms. The molecule has 0 rings (SSSR count). The largest absolute Gasteiger partial charge is 0.432 e. The van der Waals surface area contributed by atoms with E-state index in [4.69, 9.17) is 0 Å². The predicted molar refractivity (Wildman–Crippen MR) is 90.8 cm³/mol. The molecular formula is C19H33F7. The summed E-state index contributed by atoms with van der Waals surface area (Å²) in [6, 6.07) is 0. The minimum atomic E-state index is -5.98. The smallest absolute Gasteiger partial charge is 0.223 e. The lowest BCUT2D eigenvalue weighted by Gasteiger charge is -2.45. The van der Waals surface area contributed by atoms with E-state index in [1.807, 2.05) is 13.8 Å². The summed E-state index contributed by atoms with van der Waals surface area (Å²) in [6.45, 7) is 4.74. The van der Waals surface area contributed by atoms with E-state index in [2.05, 4.69) is 0 Å². The fraction of sp³-hybridized carbons (Fsp3) is 1.00. The Balaban J connectivity index is 5.36. The third-order valence-electron chi connectivity index (χ3n) is 5.28. The quantitative estimate of drug-likeness (QED) is 0.217. The second-order valence-electron chi connectivity index (χ2n) is 7.54. The summed E-state index contributed by atoms with van der Waals surface area (Å²) in [7, 11) is 0. The van der Waals surface area contributed by atoms with Gasteiger partial charge in [-0.25, -0.2) is 4.39 Å². The number of rotatable bonds is 13. The van der Waals surface area contributed by atoms with E-state index in [0.717, 1.165) is 45.4 Å². The van der Waals surface area contributed by atoms with Gasteiger partial charge in [0.15, 0.2) is 0 Å². The molecule has 0 aromatic heterocycles. The highest BCUT2D eigenvalue weighted by Gasteiger charge is 2.79. The Morgan fingerprint density at radius 2 is 0.808 bits per heavy atom. The molecule has 0 saturated heterocycles. The van der Waals surface area contributed by atoms with E-state index in [1.165, 1.54) is 0 Å². The topological polar surface area (TPSA) is 0 Å². The van der Waals surface area contributed by atoms with Gasteiger partial charge in [-0.15, -0.1) is 0 Å². The van der Waals surface area contributed by atoms with Crippen LogP contribution >= 0.6 is 0 Å². The first-order chi connectivity index (χ1) is 11.9. The predicted octanol–water partition coefficient (Wildman–Crippen LogP) is 8.55. The van der Waals surface area contributed by atoms with Crippen LogP contribution in [0.1, 0.15) is 97.8 Å². The third-order valence-corrected chi connectivity index (χ3v) is 5.28. The lowest BCUT2D eigenvalue weighted by Crippen LogP contribution is -2.63. The second-order valence-corrected chi connectivity index (χ2v) is 7.54. The molecule has 0 nitrogen and oxygen atoms in total. The molecule has 0 N–H and O–H groups in total. The second kappa shape index (κ2) is 10.7. The lowest BCUT2D eigenvalue weighted by atomic mass is 9.67. The maximum Gasteiger partial charge on any atom is 0.432 e. The summed E-state index contributed by atoms with van der Waals surface area (Å²) in [6.07, 6.45) is -6.39. The highest BCUT2D eigenvalue weighted by atomic mass is 19.4. The standard InChI is InChI=1S/C19H33F7/c1-4-6-8-10-12-14-16(3,15-13-11-9-7-5-2)17(20,18(21,22)23)19(24,25)26/h4-15H2,1-3H3. The van der Waals surface area contributed by atoms with Crippen molar-refractivity contribution in [2.24, 2.45) is 5.41 Å². The maximum atomic E-state index is 14.8. The zero-order valence-corrected chi connectivity index (χ0v) is 16.1. The average molecular weight is 394 g/mol. The number of halogens is 7. The Bertz CT molecular complexity index is 343. The van der Waals surface area contributed by atoms with Gasteiger partial charge < -0.3 is 0 Å². The van der Waals surface area contributed by atoms with E-state index < -0.39 is 36.3 Å². The molecule has 0 heterocycles. The van der Waals surface area contributed by atoms with Crippen molar-refractivity contribution >= 4 is 0 Å². The van der Waals surface area contributed by atoms with Gasteiger partial charge in [0, 0.05) is 5.41 Å². The van der Waals surface area contributed by atoms with Gasteiger partial charge in [-0.3, -0.25) is 0 Å². The average Bonchev–Trinajstić information content (AvgIpc) is 2.51. The third kappa shape index (κ3) is 6.59. The van der Waals surface area contributed by atoms with Crippen molar-refractivity contribution in [2.75, 3.05) is 0 Å². The maximum absolute atomic E-state index is 14.8. The Kier molecular flexibility index (Phi) is 10.5. The first kappa shape index (κ1) is 25.5. The molecule has 0 aromatic carbocycles. The summed E-state index contributed by atoms with van der Waals surface area (Å²) in [4.78, 5) is 0. The molecule has 0 aliphatic heterocycles. The number of hydrogen-bond donors (Lipinski definition) is 0. The number of unbranched alkanes of at least 4 members (excludes halogenated alkanes) is 8. The fourth-order valence-electron chi connectivity index (χ4n) is 3.55. The normalized spacial score (nSPS) is 14.1. The number of hydrogen-bond acceptors (Lipinski definition) is 0. The summed E-state index contributed by atoms with van der Waals surface area (Å²) in [5, 5.41) is 0. The van der Waals surface area contributed by atoms with E-state index in [9.17, 15) is 30.7 Å². The molecule has 0 unspecified atom stereocenters. The van der Waals surface area contributed by atoms with Gasteiger partial charge in [-0.1, -0.05) is 85.0 Å². The molecule has 0 radical (unpaired) electrons. The summed E-state index contributed by atoms with van der Waals surface area (Å²) >= 11 is 0. The molecule has 26 heavy (non-hydrogen) atoms. The van der Waals surface area contributed by atoms with Crippen LogP contribution in [0.3, 0.4) is 0 Å². The number of alkyl halides is 7. The Morgan fingerprint density at radius 3 is 1.08 bits per heavy atom. The van der Waals surface area contributed by atoms with Crippen LogP contribution in [-0.4, -0.2) is 18.0 Å². The van der Waals surface area contributed by atoms with Gasteiger partial charge in [-0.2, -0.15) is 26.3 Å². The zero-order chi connectivity index (χ0) is 20.5. The first-order valence-electron chi connectivity index (χ1n) is 9.69. The van der Waals surface area contributed by atoms with E-state index >= 15 is 0 Å². The Morgan fingerprint density at radius 1 is 0.500 bits per heavy atom. The van der Waals surface area contributed by atoms with E-state index in [-0.39, 0.29) is 12.8 Å². The molecule has 0 fully saturated rings. The Hall–Kier alpha value is -0.490. The molecule has 0 bridgehead atoms. The van der Waals surface area contributed by atoms with Crippen molar-refractivity contribution in [2.45, 2.75) is 116 Å². The van der Waals surface area contributed by atoms with Gasteiger partial charge in [0.2, 0.25) is 0 Å². The van der Waals surface area contributed by atoms with Crippen LogP contribution in [0.2, 0.25) is 0 Å². The highest BCUT2D eigenvalue weighted by molar-refractivity contribution is 5.06. The van der Waals surface area contributed by atoms with Gasteiger partial charge >= 0.3 is 18.0 Å². The molecular weight excluding hydrogens is 361 g/mol. The lowest BCUT2D eigenvalue weighted by molar-refractivity contribution is -0.376. The van der Waals surface area contributed by atoms with E-state index in [0.29, 0.717) is 12.8 Å². The van der Waals surface area contributed by atoms with Crippen molar-refractivity contribution < 1.29 is 30.7 Å². The van der Waals surface area contributed by atoms with Crippen LogP contribution in [0.5, 0.6) is 0 Å². The first-order valence-corrected chi connectivity index (χ1v) is 9.69. The molecule has 158 valence electrons. The molecule has 0 aliphatic rings. The van der Waals surface area contributed by atoms with Crippen molar-refractivity contribution in [3.8, 4) is 0 Å². The molecule has 0 spiro atoms. The van der Waals surface area contributed by atoms with Crippen molar-refractivity contribution in [1.29, 1.82) is 0 Å². The van der Waals surface area contributed by atoms with Crippen LogP contribution in [-0.2, 0) is 0 Å². The van der Waals surface area contributed by atoms with Gasteiger partial charge in [0.1, 0.15) is 0 Å². The fourth-order valence-corrected chi connectivity index (χ4v) is 3.55. The van der Waals surface area contributed by atoms with Crippen molar-refractivity contribution in [3.63, 3.8) is 0 Å². The SMILES string of the molecule is CCCCCCCC(C)(CCCCCCC)C(F)(C(F)(F)F)C(F)(F)F. The van der Waals surface area contributed by atoms with Gasteiger partial charge in [-0.05, 0) is 12.8 Å².